The second-order valence-corrected chi connectivity index (χ2v) is 7.23. The Balaban J connectivity index is 1.48. The number of carbonyl (C=O) groups is 2. The van der Waals surface area contributed by atoms with Crippen molar-refractivity contribution in [2.45, 2.75) is 32.4 Å². The van der Waals surface area contributed by atoms with E-state index >= 15 is 0 Å². The third-order valence-corrected chi connectivity index (χ3v) is 4.80. The largest absolute Gasteiger partial charge is 0.352 e. The average molecular weight is 401 g/mol. The molecule has 0 saturated carbocycles. The topological polar surface area (TPSA) is 49.4 Å². The summed E-state index contributed by atoms with van der Waals surface area (Å²) in [5, 5.41) is 2.95. The number of halogens is 1. The number of carbonyl (C=O) groups excluding carboxylic acids is 2. The van der Waals surface area contributed by atoms with Crippen molar-refractivity contribution in [3.63, 3.8) is 0 Å². The summed E-state index contributed by atoms with van der Waals surface area (Å²) in [5.74, 6) is 0.244. The standard InChI is InChI=1S/C20H21BrN2O2/c21-18-4-1-3-17(11-18)12-19(24)22-13-15-6-8-16(9-7-15)14-23-10-2-5-20(23)25/h1,3-4,6-9,11H,2,5,10,12-14H2,(H,22,24). The average Bonchev–Trinajstić information content (AvgIpc) is 2.99. The molecule has 2 amide bonds. The maximum Gasteiger partial charge on any atom is 0.224 e. The molecular formula is C20H21BrN2O2. The van der Waals surface area contributed by atoms with Gasteiger partial charge in [0.1, 0.15) is 0 Å². The molecular weight excluding hydrogens is 380 g/mol. The van der Waals surface area contributed by atoms with Gasteiger partial charge in [0.15, 0.2) is 0 Å². The molecule has 0 spiro atoms. The lowest BCUT2D eigenvalue weighted by Crippen LogP contribution is -2.25. The van der Waals surface area contributed by atoms with Gasteiger partial charge in [-0.05, 0) is 35.2 Å². The van der Waals surface area contributed by atoms with Crippen LogP contribution in [-0.4, -0.2) is 23.3 Å². The number of rotatable bonds is 6. The van der Waals surface area contributed by atoms with E-state index in [4.69, 9.17) is 0 Å². The first kappa shape index (κ1) is 17.7. The fourth-order valence-electron chi connectivity index (χ4n) is 2.95. The molecule has 1 saturated heterocycles. The Hall–Kier alpha value is -2.14. The highest BCUT2D eigenvalue weighted by Gasteiger charge is 2.19. The van der Waals surface area contributed by atoms with E-state index in [0.717, 1.165) is 34.1 Å². The number of nitrogens with one attached hydrogen (secondary N) is 1. The zero-order valence-corrected chi connectivity index (χ0v) is 15.6. The number of benzene rings is 2. The molecule has 0 radical (unpaired) electrons. The van der Waals surface area contributed by atoms with Crippen LogP contribution in [0.1, 0.15) is 29.5 Å². The minimum atomic E-state index is 0.00448. The zero-order chi connectivity index (χ0) is 17.6. The van der Waals surface area contributed by atoms with Crippen molar-refractivity contribution in [3.8, 4) is 0 Å². The molecule has 2 aromatic carbocycles. The van der Waals surface area contributed by atoms with Crippen molar-refractivity contribution in [2.24, 2.45) is 0 Å². The van der Waals surface area contributed by atoms with Gasteiger partial charge in [-0.1, -0.05) is 52.3 Å². The molecule has 1 fully saturated rings. The van der Waals surface area contributed by atoms with Crippen molar-refractivity contribution in [2.75, 3.05) is 6.54 Å². The minimum Gasteiger partial charge on any atom is -0.352 e. The van der Waals surface area contributed by atoms with Crippen LogP contribution in [0.3, 0.4) is 0 Å². The molecule has 1 aliphatic rings. The van der Waals surface area contributed by atoms with Crippen LogP contribution in [0.25, 0.3) is 0 Å². The van der Waals surface area contributed by atoms with Gasteiger partial charge in [0.25, 0.3) is 0 Å². The third-order valence-electron chi connectivity index (χ3n) is 4.31. The zero-order valence-electron chi connectivity index (χ0n) is 14.0. The van der Waals surface area contributed by atoms with Crippen LogP contribution >= 0.6 is 15.9 Å². The number of hydrogen-bond donors (Lipinski definition) is 1. The Labute approximate surface area is 156 Å². The van der Waals surface area contributed by atoms with E-state index < -0.39 is 0 Å². The van der Waals surface area contributed by atoms with Gasteiger partial charge in [0, 0.05) is 30.5 Å². The van der Waals surface area contributed by atoms with E-state index in [0.29, 0.717) is 25.9 Å². The molecule has 1 N–H and O–H groups in total. The molecule has 2 aromatic rings. The quantitative estimate of drug-likeness (QED) is 0.807. The molecule has 1 aliphatic heterocycles. The van der Waals surface area contributed by atoms with E-state index in [1.54, 1.807) is 0 Å². The summed E-state index contributed by atoms with van der Waals surface area (Å²) in [6.07, 6.45) is 2.00. The van der Waals surface area contributed by atoms with E-state index in [1.807, 2.05) is 53.4 Å². The molecule has 5 heteroatoms. The first-order chi connectivity index (χ1) is 12.1. The van der Waals surface area contributed by atoms with E-state index in [9.17, 15) is 9.59 Å². The Kier molecular flexibility index (Phi) is 5.87. The molecule has 25 heavy (non-hydrogen) atoms. The predicted octanol–water partition coefficient (Wildman–Crippen LogP) is 3.43. The summed E-state index contributed by atoms with van der Waals surface area (Å²) >= 11 is 3.41. The summed E-state index contributed by atoms with van der Waals surface area (Å²) in [7, 11) is 0. The second kappa shape index (κ2) is 8.30. The van der Waals surface area contributed by atoms with Gasteiger partial charge in [-0.3, -0.25) is 9.59 Å². The lowest BCUT2D eigenvalue weighted by molar-refractivity contribution is -0.128. The van der Waals surface area contributed by atoms with Crippen LogP contribution in [0.2, 0.25) is 0 Å². The second-order valence-electron chi connectivity index (χ2n) is 6.32. The van der Waals surface area contributed by atoms with Crippen LogP contribution in [0, 0.1) is 0 Å². The maximum atomic E-state index is 12.1. The smallest absolute Gasteiger partial charge is 0.224 e. The van der Waals surface area contributed by atoms with Gasteiger partial charge >= 0.3 is 0 Å². The molecule has 0 atom stereocenters. The number of amides is 2. The van der Waals surface area contributed by atoms with Crippen LogP contribution < -0.4 is 5.32 Å². The Morgan fingerprint density at radius 2 is 1.84 bits per heavy atom. The minimum absolute atomic E-state index is 0.00448. The van der Waals surface area contributed by atoms with Crippen molar-refractivity contribution >= 4 is 27.7 Å². The van der Waals surface area contributed by atoms with E-state index in [-0.39, 0.29) is 11.8 Å². The Bertz CT molecular complexity index is 759. The fraction of sp³-hybridized carbons (Fsp3) is 0.300. The first-order valence-corrected chi connectivity index (χ1v) is 9.26. The first-order valence-electron chi connectivity index (χ1n) is 8.47. The monoisotopic (exact) mass is 400 g/mol. The Morgan fingerprint density at radius 1 is 1.08 bits per heavy atom. The summed E-state index contributed by atoms with van der Waals surface area (Å²) in [6, 6.07) is 15.8. The molecule has 0 bridgehead atoms. The number of likely N-dealkylation sites (tertiary alicyclic amines) is 1. The number of nitrogens with zero attached hydrogens (tertiary/aromatic N) is 1. The van der Waals surface area contributed by atoms with Crippen LogP contribution in [-0.2, 0) is 29.1 Å². The van der Waals surface area contributed by atoms with Crippen molar-refractivity contribution in [1.29, 1.82) is 0 Å². The third kappa shape index (κ3) is 5.16. The molecule has 130 valence electrons. The Morgan fingerprint density at radius 3 is 2.52 bits per heavy atom. The van der Waals surface area contributed by atoms with E-state index in [1.165, 1.54) is 0 Å². The molecule has 0 unspecified atom stereocenters. The normalized spacial score (nSPS) is 14.0. The SMILES string of the molecule is O=C(Cc1cccc(Br)c1)NCc1ccc(CN2CCCC2=O)cc1. The fourth-order valence-corrected chi connectivity index (χ4v) is 3.40. The number of hydrogen-bond acceptors (Lipinski definition) is 2. The highest BCUT2D eigenvalue weighted by molar-refractivity contribution is 9.10. The predicted molar refractivity (Wildman–Crippen MR) is 101 cm³/mol. The molecule has 0 aliphatic carbocycles. The summed E-state index contributed by atoms with van der Waals surface area (Å²) in [4.78, 5) is 25.6. The van der Waals surface area contributed by atoms with Crippen LogP contribution in [0.4, 0.5) is 0 Å². The summed E-state index contributed by atoms with van der Waals surface area (Å²) in [5.41, 5.74) is 3.16. The van der Waals surface area contributed by atoms with Gasteiger partial charge in [0.05, 0.1) is 6.42 Å². The van der Waals surface area contributed by atoms with Crippen LogP contribution in [0.5, 0.6) is 0 Å². The molecule has 3 rings (SSSR count). The summed E-state index contributed by atoms with van der Waals surface area (Å²) < 4.78 is 0.977. The van der Waals surface area contributed by atoms with Gasteiger partial charge in [-0.15, -0.1) is 0 Å². The van der Waals surface area contributed by atoms with Crippen molar-refractivity contribution in [1.82, 2.24) is 10.2 Å². The van der Waals surface area contributed by atoms with Gasteiger partial charge in [0.2, 0.25) is 11.8 Å². The maximum absolute atomic E-state index is 12.1. The van der Waals surface area contributed by atoms with Crippen LogP contribution in [0.15, 0.2) is 53.0 Å². The van der Waals surface area contributed by atoms with Crippen molar-refractivity contribution in [3.05, 3.63) is 69.7 Å². The van der Waals surface area contributed by atoms with E-state index in [2.05, 4.69) is 21.2 Å². The lowest BCUT2D eigenvalue weighted by atomic mass is 10.1. The van der Waals surface area contributed by atoms with Gasteiger partial charge in [-0.25, -0.2) is 0 Å². The van der Waals surface area contributed by atoms with Crippen molar-refractivity contribution < 1.29 is 9.59 Å². The highest BCUT2D eigenvalue weighted by Crippen LogP contribution is 2.15. The summed E-state index contributed by atoms with van der Waals surface area (Å²) in [6.45, 7) is 2.04. The van der Waals surface area contributed by atoms with Gasteiger partial charge in [-0.2, -0.15) is 0 Å². The highest BCUT2D eigenvalue weighted by atomic mass is 79.9. The molecule has 1 heterocycles. The lowest BCUT2D eigenvalue weighted by Gasteiger charge is -2.15. The molecule has 4 nitrogen and oxygen atoms in total. The van der Waals surface area contributed by atoms with Gasteiger partial charge < -0.3 is 10.2 Å². The molecule has 0 aromatic heterocycles.